The van der Waals surface area contributed by atoms with Crippen molar-refractivity contribution in [2.75, 3.05) is 20.3 Å². The number of aliphatic hydroxyl groups excluding tert-OH is 1. The molecule has 3 atom stereocenters. The second-order valence-corrected chi connectivity index (χ2v) is 9.85. The van der Waals surface area contributed by atoms with E-state index in [4.69, 9.17) is 4.74 Å². The topological polar surface area (TPSA) is 96.7 Å². The first-order valence-electron chi connectivity index (χ1n) is 10.2. The SMILES string of the molecule is COCCn1cc([C@@H]2[C@H](C(=O)NC[C@H](O)C(C)(C)C)CC(=O)N2C(C)(C)C)cn1. The van der Waals surface area contributed by atoms with Crippen molar-refractivity contribution >= 4 is 11.8 Å². The third kappa shape index (κ3) is 5.57. The zero-order chi connectivity index (χ0) is 22.0. The van der Waals surface area contributed by atoms with Crippen LogP contribution in [0, 0.1) is 11.3 Å². The minimum atomic E-state index is -0.669. The summed E-state index contributed by atoms with van der Waals surface area (Å²) < 4.78 is 6.87. The minimum Gasteiger partial charge on any atom is -0.391 e. The standard InChI is InChI=1S/C21H36N4O4/c1-20(2,3)16(26)12-22-19(28)15-10-17(27)25(21(4,5)6)18(15)14-11-23-24(13-14)8-9-29-7/h11,13,15-16,18,26H,8-10,12H2,1-7H3,(H,22,28)/t15-,16+,18-/m1/s1. The molecule has 1 saturated heterocycles. The number of nitrogens with one attached hydrogen (secondary N) is 1. The number of nitrogens with zero attached hydrogens (tertiary/aromatic N) is 3. The number of methoxy groups -OCH3 is 1. The zero-order valence-electron chi connectivity index (χ0n) is 18.7. The summed E-state index contributed by atoms with van der Waals surface area (Å²) in [6, 6.07) is -0.398. The van der Waals surface area contributed by atoms with Gasteiger partial charge in [0.2, 0.25) is 11.8 Å². The number of carbonyl (C=O) groups excluding carboxylic acids is 2. The molecule has 2 amide bonds. The van der Waals surface area contributed by atoms with Gasteiger partial charge in [-0.1, -0.05) is 20.8 Å². The van der Waals surface area contributed by atoms with E-state index in [9.17, 15) is 14.7 Å². The number of amides is 2. The summed E-state index contributed by atoms with van der Waals surface area (Å²) in [5.41, 5.74) is 0.0624. The van der Waals surface area contributed by atoms with E-state index in [1.165, 1.54) is 0 Å². The normalized spacial score (nSPS) is 21.5. The number of rotatable bonds is 7. The molecule has 8 heteroatoms. The highest BCUT2D eigenvalue weighted by Crippen LogP contribution is 2.42. The number of aromatic nitrogens is 2. The first kappa shape index (κ1) is 23.3. The predicted octanol–water partition coefficient (Wildman–Crippen LogP) is 1.74. The van der Waals surface area contributed by atoms with Gasteiger partial charge in [0.15, 0.2) is 0 Å². The number of ether oxygens (including phenoxy) is 1. The lowest BCUT2D eigenvalue weighted by atomic mass is 9.88. The molecule has 164 valence electrons. The lowest BCUT2D eigenvalue weighted by Crippen LogP contribution is -2.46. The first-order valence-corrected chi connectivity index (χ1v) is 10.2. The number of hydrogen-bond donors (Lipinski definition) is 2. The van der Waals surface area contributed by atoms with Crippen molar-refractivity contribution in [1.29, 1.82) is 0 Å². The predicted molar refractivity (Wildman–Crippen MR) is 110 cm³/mol. The molecule has 2 N–H and O–H groups in total. The fourth-order valence-electron chi connectivity index (χ4n) is 3.62. The van der Waals surface area contributed by atoms with Crippen LogP contribution in [-0.4, -0.2) is 63.5 Å². The molecule has 0 aliphatic carbocycles. The molecule has 0 radical (unpaired) electrons. The number of carbonyl (C=O) groups is 2. The number of likely N-dealkylation sites (tertiary alicyclic amines) is 1. The highest BCUT2D eigenvalue weighted by Gasteiger charge is 2.49. The van der Waals surface area contributed by atoms with Crippen molar-refractivity contribution in [3.8, 4) is 0 Å². The molecular formula is C21H36N4O4. The maximum atomic E-state index is 13.0. The molecule has 29 heavy (non-hydrogen) atoms. The van der Waals surface area contributed by atoms with Gasteiger partial charge in [-0.3, -0.25) is 14.3 Å². The summed E-state index contributed by atoms with van der Waals surface area (Å²) in [5.74, 6) is -0.805. The zero-order valence-corrected chi connectivity index (χ0v) is 18.7. The summed E-state index contributed by atoms with van der Waals surface area (Å²) in [6.07, 6.45) is 3.08. The fourth-order valence-corrected chi connectivity index (χ4v) is 3.62. The summed E-state index contributed by atoms with van der Waals surface area (Å²) >= 11 is 0. The van der Waals surface area contributed by atoms with Crippen LogP contribution < -0.4 is 5.32 Å². The Morgan fingerprint density at radius 1 is 1.34 bits per heavy atom. The van der Waals surface area contributed by atoms with Crippen molar-refractivity contribution in [3.63, 3.8) is 0 Å². The maximum Gasteiger partial charge on any atom is 0.226 e. The molecule has 8 nitrogen and oxygen atoms in total. The van der Waals surface area contributed by atoms with Gasteiger partial charge in [-0.15, -0.1) is 0 Å². The van der Waals surface area contributed by atoms with Gasteiger partial charge in [-0.05, 0) is 26.2 Å². The van der Waals surface area contributed by atoms with E-state index < -0.39 is 23.6 Å². The van der Waals surface area contributed by atoms with Crippen LogP contribution in [0.5, 0.6) is 0 Å². The molecule has 0 bridgehead atoms. The molecule has 0 saturated carbocycles. The largest absolute Gasteiger partial charge is 0.391 e. The highest BCUT2D eigenvalue weighted by atomic mass is 16.5. The van der Waals surface area contributed by atoms with Crippen LogP contribution in [0.25, 0.3) is 0 Å². The minimum absolute atomic E-state index is 0.0522. The molecule has 2 rings (SSSR count). The van der Waals surface area contributed by atoms with Crippen LogP contribution in [0.15, 0.2) is 12.4 Å². The molecule has 1 fully saturated rings. The van der Waals surface area contributed by atoms with E-state index in [0.717, 1.165) is 5.56 Å². The third-order valence-corrected chi connectivity index (χ3v) is 5.37. The van der Waals surface area contributed by atoms with Crippen molar-refractivity contribution in [1.82, 2.24) is 20.0 Å². The first-order chi connectivity index (χ1) is 13.4. The van der Waals surface area contributed by atoms with Gasteiger partial charge >= 0.3 is 0 Å². The Morgan fingerprint density at radius 3 is 2.55 bits per heavy atom. The second kappa shape index (κ2) is 8.83. The van der Waals surface area contributed by atoms with E-state index >= 15 is 0 Å². The maximum absolute atomic E-state index is 13.0. The van der Waals surface area contributed by atoms with Gasteiger partial charge in [-0.25, -0.2) is 0 Å². The smallest absolute Gasteiger partial charge is 0.226 e. The quantitative estimate of drug-likeness (QED) is 0.716. The lowest BCUT2D eigenvalue weighted by Gasteiger charge is -2.38. The van der Waals surface area contributed by atoms with Gasteiger partial charge in [0, 0.05) is 37.4 Å². The van der Waals surface area contributed by atoms with E-state index in [-0.39, 0.29) is 30.2 Å². The van der Waals surface area contributed by atoms with E-state index in [1.807, 2.05) is 47.7 Å². The molecule has 0 aromatic carbocycles. The Hall–Kier alpha value is -1.93. The fraction of sp³-hybridized carbons (Fsp3) is 0.762. The van der Waals surface area contributed by atoms with Gasteiger partial charge in [0.1, 0.15) is 0 Å². The van der Waals surface area contributed by atoms with Gasteiger partial charge in [0.05, 0.1) is 37.4 Å². The monoisotopic (exact) mass is 408 g/mol. The van der Waals surface area contributed by atoms with Crippen molar-refractivity contribution in [3.05, 3.63) is 18.0 Å². The van der Waals surface area contributed by atoms with Crippen LogP contribution in [0.3, 0.4) is 0 Å². The molecule has 1 aromatic heterocycles. The highest BCUT2D eigenvalue weighted by molar-refractivity contribution is 5.90. The van der Waals surface area contributed by atoms with Crippen molar-refractivity contribution in [2.45, 2.75) is 72.2 Å². The molecule has 1 aromatic rings. The number of hydrogen-bond acceptors (Lipinski definition) is 5. The molecule has 2 heterocycles. The van der Waals surface area contributed by atoms with Crippen LogP contribution in [-0.2, 0) is 20.9 Å². The Bertz CT molecular complexity index is 717. The average molecular weight is 409 g/mol. The van der Waals surface area contributed by atoms with Gasteiger partial charge in [0.25, 0.3) is 0 Å². The molecule has 0 unspecified atom stereocenters. The summed E-state index contributed by atoms with van der Waals surface area (Å²) in [5, 5.41) is 17.5. The molecule has 0 spiro atoms. The summed E-state index contributed by atoms with van der Waals surface area (Å²) in [7, 11) is 1.63. The Balaban J connectivity index is 2.26. The molecule has 1 aliphatic heterocycles. The van der Waals surface area contributed by atoms with Crippen LogP contribution in [0.2, 0.25) is 0 Å². The van der Waals surface area contributed by atoms with Crippen LogP contribution in [0.4, 0.5) is 0 Å². The van der Waals surface area contributed by atoms with Crippen molar-refractivity contribution < 1.29 is 19.4 Å². The average Bonchev–Trinajstić information content (AvgIpc) is 3.20. The summed E-state index contributed by atoms with van der Waals surface area (Å²) in [4.78, 5) is 27.6. The van der Waals surface area contributed by atoms with Gasteiger partial charge in [-0.2, -0.15) is 5.10 Å². The Morgan fingerprint density at radius 2 is 2.00 bits per heavy atom. The van der Waals surface area contributed by atoms with Crippen LogP contribution in [0.1, 0.15) is 59.6 Å². The van der Waals surface area contributed by atoms with Crippen LogP contribution >= 0.6 is 0 Å². The Labute approximate surface area is 173 Å². The lowest BCUT2D eigenvalue weighted by molar-refractivity contribution is -0.133. The third-order valence-electron chi connectivity index (χ3n) is 5.37. The van der Waals surface area contributed by atoms with E-state index in [2.05, 4.69) is 10.4 Å². The number of aliphatic hydroxyl groups is 1. The second-order valence-electron chi connectivity index (χ2n) is 9.85. The Kier molecular flexibility index (Phi) is 7.11. The summed E-state index contributed by atoms with van der Waals surface area (Å²) in [6.45, 7) is 12.9. The van der Waals surface area contributed by atoms with E-state index in [1.54, 1.807) is 22.9 Å². The molecular weight excluding hydrogens is 372 g/mol. The van der Waals surface area contributed by atoms with Crippen molar-refractivity contribution in [2.24, 2.45) is 11.3 Å². The van der Waals surface area contributed by atoms with E-state index in [0.29, 0.717) is 13.2 Å². The van der Waals surface area contributed by atoms with Gasteiger partial charge < -0.3 is 20.1 Å². The molecule has 1 aliphatic rings.